The summed E-state index contributed by atoms with van der Waals surface area (Å²) in [5, 5.41) is 11.7. The van der Waals surface area contributed by atoms with Crippen LogP contribution in [0.2, 0.25) is 0 Å². The lowest BCUT2D eigenvalue weighted by atomic mass is 10.1. The topological polar surface area (TPSA) is 66.4 Å². The van der Waals surface area contributed by atoms with Gasteiger partial charge in [-0.15, -0.1) is 0 Å². The van der Waals surface area contributed by atoms with Gasteiger partial charge in [-0.05, 0) is 30.4 Å². The average molecular weight is 295 g/mol. The average Bonchev–Trinajstić information content (AvgIpc) is 2.39. The molecule has 1 rings (SSSR count). The van der Waals surface area contributed by atoms with E-state index in [1.54, 1.807) is 17.8 Å². The standard InChI is InChI=1S/C15H21NO3S/c1-3-5-13(9-14(17)18)16-15(19)12-7-4-6-11(8-12)10-20-2/h4,6-8,13H,3,5,9-10H2,1-2H3,(H,16,19)(H,17,18). The Morgan fingerprint density at radius 1 is 1.40 bits per heavy atom. The van der Waals surface area contributed by atoms with Crippen LogP contribution in [0.15, 0.2) is 24.3 Å². The molecule has 5 heteroatoms. The molecule has 1 amide bonds. The molecule has 1 atom stereocenters. The second-order valence-corrected chi connectivity index (χ2v) is 5.56. The van der Waals surface area contributed by atoms with Gasteiger partial charge < -0.3 is 10.4 Å². The van der Waals surface area contributed by atoms with E-state index in [0.29, 0.717) is 12.0 Å². The van der Waals surface area contributed by atoms with Crippen LogP contribution in [0.5, 0.6) is 0 Å². The fourth-order valence-corrected chi connectivity index (χ4v) is 2.54. The van der Waals surface area contributed by atoms with Crippen molar-refractivity contribution in [2.24, 2.45) is 0 Å². The van der Waals surface area contributed by atoms with Crippen LogP contribution in [0.4, 0.5) is 0 Å². The molecule has 0 saturated heterocycles. The molecule has 20 heavy (non-hydrogen) atoms. The Morgan fingerprint density at radius 3 is 2.75 bits per heavy atom. The van der Waals surface area contributed by atoms with E-state index >= 15 is 0 Å². The second-order valence-electron chi connectivity index (χ2n) is 4.69. The van der Waals surface area contributed by atoms with Gasteiger partial charge in [-0.3, -0.25) is 9.59 Å². The minimum Gasteiger partial charge on any atom is -0.481 e. The van der Waals surface area contributed by atoms with Crippen LogP contribution in [0.25, 0.3) is 0 Å². The minimum absolute atomic E-state index is 0.0376. The van der Waals surface area contributed by atoms with Crippen LogP contribution in [-0.4, -0.2) is 29.3 Å². The van der Waals surface area contributed by atoms with Gasteiger partial charge in [-0.2, -0.15) is 11.8 Å². The molecular weight excluding hydrogens is 274 g/mol. The summed E-state index contributed by atoms with van der Waals surface area (Å²) in [7, 11) is 0. The number of thioether (sulfide) groups is 1. The summed E-state index contributed by atoms with van der Waals surface area (Å²) >= 11 is 1.70. The number of carboxylic acids is 1. The first-order valence-electron chi connectivity index (χ1n) is 6.67. The van der Waals surface area contributed by atoms with Crippen molar-refractivity contribution in [2.75, 3.05) is 6.26 Å². The lowest BCUT2D eigenvalue weighted by molar-refractivity contribution is -0.137. The Hall–Kier alpha value is -1.49. The third kappa shape index (κ3) is 5.65. The SMILES string of the molecule is CCCC(CC(=O)O)NC(=O)c1cccc(CSC)c1. The first-order valence-corrected chi connectivity index (χ1v) is 8.06. The highest BCUT2D eigenvalue weighted by atomic mass is 32.2. The second kappa shape index (κ2) is 8.64. The number of carboxylic acid groups (broad SMARTS) is 1. The molecular formula is C15H21NO3S. The smallest absolute Gasteiger partial charge is 0.305 e. The molecule has 110 valence electrons. The predicted octanol–water partition coefficient (Wildman–Crippen LogP) is 2.92. The molecule has 0 fully saturated rings. The van der Waals surface area contributed by atoms with Crippen LogP contribution in [0.1, 0.15) is 42.1 Å². The maximum atomic E-state index is 12.2. The Kier molecular flexibility index (Phi) is 7.15. The van der Waals surface area contributed by atoms with E-state index < -0.39 is 5.97 Å². The highest BCUT2D eigenvalue weighted by Gasteiger charge is 2.16. The number of carbonyl (C=O) groups is 2. The molecule has 1 aromatic carbocycles. The summed E-state index contributed by atoms with van der Waals surface area (Å²) in [6.07, 6.45) is 3.48. The third-order valence-electron chi connectivity index (χ3n) is 2.89. The van der Waals surface area contributed by atoms with E-state index in [2.05, 4.69) is 5.32 Å². The normalized spacial score (nSPS) is 11.9. The number of aliphatic carboxylic acids is 1. The summed E-state index contributed by atoms with van der Waals surface area (Å²) in [4.78, 5) is 22.9. The number of amides is 1. The lowest BCUT2D eigenvalue weighted by Gasteiger charge is -2.16. The quantitative estimate of drug-likeness (QED) is 0.774. The minimum atomic E-state index is -0.889. The highest BCUT2D eigenvalue weighted by molar-refractivity contribution is 7.97. The number of nitrogens with one attached hydrogen (secondary N) is 1. The summed E-state index contributed by atoms with van der Waals surface area (Å²) in [5.74, 6) is -0.234. The highest BCUT2D eigenvalue weighted by Crippen LogP contribution is 2.12. The monoisotopic (exact) mass is 295 g/mol. The molecule has 0 aliphatic carbocycles. The maximum Gasteiger partial charge on any atom is 0.305 e. The van der Waals surface area contributed by atoms with Gasteiger partial charge in [-0.1, -0.05) is 25.5 Å². The number of rotatable bonds is 8. The van der Waals surface area contributed by atoms with Crippen LogP contribution < -0.4 is 5.32 Å². The van der Waals surface area contributed by atoms with E-state index in [1.807, 2.05) is 31.4 Å². The molecule has 0 aliphatic rings. The van der Waals surface area contributed by atoms with E-state index in [4.69, 9.17) is 5.11 Å². The van der Waals surface area contributed by atoms with Crippen molar-refractivity contribution >= 4 is 23.6 Å². The zero-order chi connectivity index (χ0) is 15.0. The van der Waals surface area contributed by atoms with Gasteiger partial charge in [0, 0.05) is 17.4 Å². The number of hydrogen-bond acceptors (Lipinski definition) is 3. The van der Waals surface area contributed by atoms with Crippen LogP contribution in [-0.2, 0) is 10.5 Å². The van der Waals surface area contributed by atoms with Crippen molar-refractivity contribution in [3.8, 4) is 0 Å². The largest absolute Gasteiger partial charge is 0.481 e. The molecule has 0 aromatic heterocycles. The Bertz CT molecular complexity index is 462. The fraction of sp³-hybridized carbons (Fsp3) is 0.467. The maximum absolute atomic E-state index is 12.2. The molecule has 0 spiro atoms. The van der Waals surface area contributed by atoms with E-state index in [-0.39, 0.29) is 18.4 Å². The van der Waals surface area contributed by atoms with E-state index in [0.717, 1.165) is 17.7 Å². The van der Waals surface area contributed by atoms with Gasteiger partial charge in [0.1, 0.15) is 0 Å². The number of benzene rings is 1. The van der Waals surface area contributed by atoms with Gasteiger partial charge in [0.2, 0.25) is 0 Å². The fourth-order valence-electron chi connectivity index (χ4n) is 2.02. The van der Waals surface area contributed by atoms with Crippen molar-refractivity contribution in [1.82, 2.24) is 5.32 Å². The van der Waals surface area contributed by atoms with E-state index in [1.165, 1.54) is 0 Å². The van der Waals surface area contributed by atoms with Crippen molar-refractivity contribution < 1.29 is 14.7 Å². The lowest BCUT2D eigenvalue weighted by Crippen LogP contribution is -2.36. The van der Waals surface area contributed by atoms with Crippen molar-refractivity contribution in [2.45, 2.75) is 38.0 Å². The summed E-state index contributed by atoms with van der Waals surface area (Å²) in [5.41, 5.74) is 1.68. The predicted molar refractivity (Wildman–Crippen MR) is 82.1 cm³/mol. The first kappa shape index (κ1) is 16.6. The number of carbonyl (C=O) groups excluding carboxylic acids is 1. The van der Waals surface area contributed by atoms with Gasteiger partial charge >= 0.3 is 5.97 Å². The van der Waals surface area contributed by atoms with Gasteiger partial charge in [0.15, 0.2) is 0 Å². The molecule has 4 nitrogen and oxygen atoms in total. The molecule has 0 bridgehead atoms. The van der Waals surface area contributed by atoms with Crippen molar-refractivity contribution in [3.63, 3.8) is 0 Å². The van der Waals surface area contributed by atoms with Crippen molar-refractivity contribution in [1.29, 1.82) is 0 Å². The number of hydrogen-bond donors (Lipinski definition) is 2. The van der Waals surface area contributed by atoms with Crippen molar-refractivity contribution in [3.05, 3.63) is 35.4 Å². The molecule has 0 heterocycles. The molecule has 0 radical (unpaired) electrons. The molecule has 2 N–H and O–H groups in total. The molecule has 0 aliphatic heterocycles. The van der Waals surface area contributed by atoms with Crippen LogP contribution in [0.3, 0.4) is 0 Å². The zero-order valence-corrected chi connectivity index (χ0v) is 12.7. The Balaban J connectivity index is 2.72. The molecule has 1 unspecified atom stereocenters. The first-order chi connectivity index (χ1) is 9.56. The van der Waals surface area contributed by atoms with Gasteiger partial charge in [0.05, 0.1) is 6.42 Å². The van der Waals surface area contributed by atoms with E-state index in [9.17, 15) is 9.59 Å². The Labute approximate surface area is 124 Å². The third-order valence-corrected chi connectivity index (χ3v) is 3.52. The summed E-state index contributed by atoms with van der Waals surface area (Å²) < 4.78 is 0. The van der Waals surface area contributed by atoms with Crippen LogP contribution >= 0.6 is 11.8 Å². The molecule has 1 aromatic rings. The Morgan fingerprint density at radius 2 is 2.15 bits per heavy atom. The molecule has 0 saturated carbocycles. The summed E-state index contributed by atoms with van der Waals surface area (Å²) in [6, 6.07) is 7.13. The summed E-state index contributed by atoms with van der Waals surface area (Å²) in [6.45, 7) is 1.97. The van der Waals surface area contributed by atoms with Gasteiger partial charge in [-0.25, -0.2) is 0 Å². The van der Waals surface area contributed by atoms with Gasteiger partial charge in [0.25, 0.3) is 5.91 Å². The zero-order valence-electron chi connectivity index (χ0n) is 11.9. The van der Waals surface area contributed by atoms with Crippen LogP contribution in [0, 0.1) is 0 Å².